The summed E-state index contributed by atoms with van der Waals surface area (Å²) in [5, 5.41) is 11.5. The van der Waals surface area contributed by atoms with Crippen molar-refractivity contribution in [2.75, 3.05) is 27.4 Å². The smallest absolute Gasteiger partial charge is 0.295 e. The third-order valence-corrected chi connectivity index (χ3v) is 6.11. The molecule has 1 N–H and O–H groups in total. The summed E-state index contributed by atoms with van der Waals surface area (Å²) in [5.41, 5.74) is 1.82. The van der Waals surface area contributed by atoms with Gasteiger partial charge in [0.2, 0.25) is 0 Å². The Hall–Kier alpha value is -3.32. The first kappa shape index (κ1) is 27.3. The summed E-state index contributed by atoms with van der Waals surface area (Å²) in [5.74, 6) is -0.245. The van der Waals surface area contributed by atoms with Crippen molar-refractivity contribution in [2.45, 2.75) is 58.6 Å². The van der Waals surface area contributed by atoms with E-state index >= 15 is 0 Å². The number of ketones is 1. The van der Waals surface area contributed by atoms with Crippen LogP contribution < -0.4 is 9.47 Å². The second-order valence-electron chi connectivity index (χ2n) is 10.2. The average molecular weight is 496 g/mol. The number of benzene rings is 2. The summed E-state index contributed by atoms with van der Waals surface area (Å²) < 4.78 is 16.5. The lowest BCUT2D eigenvalue weighted by atomic mass is 9.84. The Morgan fingerprint density at radius 1 is 1.08 bits per heavy atom. The van der Waals surface area contributed by atoms with Crippen molar-refractivity contribution in [3.63, 3.8) is 0 Å². The van der Waals surface area contributed by atoms with Gasteiger partial charge in [-0.15, -0.1) is 0 Å². The van der Waals surface area contributed by atoms with E-state index in [0.29, 0.717) is 42.2 Å². The largest absolute Gasteiger partial charge is 0.507 e. The number of hydrogen-bond acceptors (Lipinski definition) is 6. The summed E-state index contributed by atoms with van der Waals surface area (Å²) in [6.45, 7) is 10.8. The average Bonchev–Trinajstić information content (AvgIpc) is 3.07. The molecule has 3 rings (SSSR count). The molecule has 1 aliphatic rings. The summed E-state index contributed by atoms with van der Waals surface area (Å²) in [6.07, 6.45) is 0.516. The molecule has 36 heavy (non-hydrogen) atoms. The minimum atomic E-state index is -0.752. The molecule has 0 radical (unpaired) electrons. The first-order valence-corrected chi connectivity index (χ1v) is 12.2. The van der Waals surface area contributed by atoms with Crippen molar-refractivity contribution in [1.82, 2.24) is 4.90 Å². The van der Waals surface area contributed by atoms with Crippen molar-refractivity contribution >= 4 is 17.4 Å². The number of aliphatic hydroxyl groups excluding tert-OH is 1. The molecular formula is C29H37NO6. The lowest BCUT2D eigenvalue weighted by molar-refractivity contribution is -0.140. The number of carbonyl (C=O) groups excluding carboxylic acids is 2. The molecule has 1 amide bonds. The first-order chi connectivity index (χ1) is 17.0. The van der Waals surface area contributed by atoms with Crippen LogP contribution in [0.2, 0.25) is 0 Å². The van der Waals surface area contributed by atoms with Gasteiger partial charge in [-0.3, -0.25) is 9.59 Å². The van der Waals surface area contributed by atoms with Crippen LogP contribution in [0.4, 0.5) is 0 Å². The highest BCUT2D eigenvalue weighted by molar-refractivity contribution is 6.46. The van der Waals surface area contributed by atoms with Crippen LogP contribution in [-0.2, 0) is 19.7 Å². The Morgan fingerprint density at radius 2 is 1.81 bits per heavy atom. The lowest BCUT2D eigenvalue weighted by Gasteiger charge is -2.26. The number of methoxy groups -OCH3 is 2. The monoisotopic (exact) mass is 495 g/mol. The summed E-state index contributed by atoms with van der Waals surface area (Å²) in [6, 6.07) is 11.9. The van der Waals surface area contributed by atoms with Crippen LogP contribution in [0.5, 0.6) is 11.5 Å². The molecule has 7 heteroatoms. The fraction of sp³-hybridized carbons (Fsp3) is 0.448. The van der Waals surface area contributed by atoms with Gasteiger partial charge in [0.1, 0.15) is 17.3 Å². The highest BCUT2D eigenvalue weighted by atomic mass is 16.5. The predicted molar refractivity (Wildman–Crippen MR) is 139 cm³/mol. The molecule has 2 aromatic carbocycles. The van der Waals surface area contributed by atoms with E-state index in [-0.39, 0.29) is 22.9 Å². The van der Waals surface area contributed by atoms with Crippen molar-refractivity contribution < 1.29 is 28.9 Å². The predicted octanol–water partition coefficient (Wildman–Crippen LogP) is 5.24. The number of hydrogen-bond donors (Lipinski definition) is 1. The number of carbonyl (C=O) groups is 2. The van der Waals surface area contributed by atoms with Crippen molar-refractivity contribution in [1.29, 1.82) is 0 Å². The number of Topliss-reactive ketones (excluding diaryl/α,β-unsaturated/α-hetero) is 1. The van der Waals surface area contributed by atoms with Crippen molar-refractivity contribution in [3.05, 3.63) is 64.7 Å². The Kier molecular flexibility index (Phi) is 8.46. The van der Waals surface area contributed by atoms with Gasteiger partial charge in [-0.25, -0.2) is 0 Å². The van der Waals surface area contributed by atoms with E-state index < -0.39 is 17.7 Å². The number of ether oxygens (including phenoxy) is 3. The molecule has 0 spiro atoms. The number of aliphatic hydroxyl groups is 1. The molecule has 1 saturated heterocycles. The zero-order valence-electron chi connectivity index (χ0n) is 22.3. The van der Waals surface area contributed by atoms with Crippen LogP contribution in [0.3, 0.4) is 0 Å². The van der Waals surface area contributed by atoms with Gasteiger partial charge in [-0.1, -0.05) is 32.9 Å². The molecule has 1 unspecified atom stereocenters. The van der Waals surface area contributed by atoms with E-state index in [2.05, 4.69) is 0 Å². The summed E-state index contributed by atoms with van der Waals surface area (Å²) in [4.78, 5) is 28.0. The molecule has 0 aromatic heterocycles. The molecule has 2 aromatic rings. The Morgan fingerprint density at radius 3 is 2.42 bits per heavy atom. The van der Waals surface area contributed by atoms with Crippen molar-refractivity contribution in [2.24, 2.45) is 0 Å². The van der Waals surface area contributed by atoms with Gasteiger partial charge in [0.25, 0.3) is 11.7 Å². The van der Waals surface area contributed by atoms with E-state index in [9.17, 15) is 14.7 Å². The van der Waals surface area contributed by atoms with E-state index in [4.69, 9.17) is 14.2 Å². The normalized spacial score (nSPS) is 17.7. The zero-order valence-corrected chi connectivity index (χ0v) is 22.3. The van der Waals surface area contributed by atoms with Gasteiger partial charge >= 0.3 is 0 Å². The second-order valence-corrected chi connectivity index (χ2v) is 10.2. The van der Waals surface area contributed by atoms with E-state index in [1.807, 2.05) is 65.0 Å². The van der Waals surface area contributed by atoms with Crippen LogP contribution in [0, 0.1) is 0 Å². The Labute approximate surface area is 213 Å². The Balaban J connectivity index is 2.19. The topological polar surface area (TPSA) is 85.3 Å². The fourth-order valence-electron chi connectivity index (χ4n) is 4.46. The fourth-order valence-corrected chi connectivity index (χ4v) is 4.46. The van der Waals surface area contributed by atoms with Crippen LogP contribution >= 0.6 is 0 Å². The summed E-state index contributed by atoms with van der Waals surface area (Å²) >= 11 is 0. The zero-order chi connectivity index (χ0) is 26.6. The highest BCUT2D eigenvalue weighted by Crippen LogP contribution is 2.41. The molecule has 1 atom stereocenters. The van der Waals surface area contributed by atoms with Gasteiger partial charge < -0.3 is 24.2 Å². The number of amides is 1. The molecule has 1 fully saturated rings. The quantitative estimate of drug-likeness (QED) is 0.222. The maximum absolute atomic E-state index is 13.3. The van der Waals surface area contributed by atoms with Gasteiger partial charge in [0.15, 0.2) is 0 Å². The molecule has 0 bridgehead atoms. The first-order valence-electron chi connectivity index (χ1n) is 12.2. The van der Waals surface area contributed by atoms with Crippen molar-refractivity contribution in [3.8, 4) is 11.5 Å². The van der Waals surface area contributed by atoms with Crippen LogP contribution in [0.1, 0.15) is 63.8 Å². The van der Waals surface area contributed by atoms with E-state index in [1.165, 1.54) is 4.90 Å². The molecule has 0 saturated carbocycles. The standard InChI is InChI=1S/C29H37NO6/c1-18(2)36-21-11-8-10-19(16-21)25-24(27(32)28(33)30(25)14-9-15-34-6)26(31)20-12-13-23(35-7)22(17-20)29(3,4)5/h8,10-13,16-18,25,31H,9,14-15H2,1-7H3/b26-24+. The molecule has 0 aliphatic carbocycles. The van der Waals surface area contributed by atoms with Gasteiger partial charge in [-0.05, 0) is 61.6 Å². The maximum Gasteiger partial charge on any atom is 0.295 e. The van der Waals surface area contributed by atoms with Gasteiger partial charge in [-0.2, -0.15) is 0 Å². The molecule has 1 aliphatic heterocycles. The maximum atomic E-state index is 13.3. The molecular weight excluding hydrogens is 458 g/mol. The highest BCUT2D eigenvalue weighted by Gasteiger charge is 2.46. The van der Waals surface area contributed by atoms with E-state index in [1.54, 1.807) is 26.4 Å². The summed E-state index contributed by atoms with van der Waals surface area (Å²) in [7, 11) is 3.19. The van der Waals surface area contributed by atoms with E-state index in [0.717, 1.165) is 5.56 Å². The molecule has 1 heterocycles. The van der Waals surface area contributed by atoms with Crippen LogP contribution in [0.25, 0.3) is 5.76 Å². The number of likely N-dealkylation sites (tertiary alicyclic amines) is 1. The number of rotatable bonds is 9. The minimum Gasteiger partial charge on any atom is -0.507 e. The van der Waals surface area contributed by atoms with Gasteiger partial charge in [0.05, 0.1) is 24.8 Å². The SMILES string of the molecule is COCCCN1C(=O)C(=O)/C(=C(/O)c2ccc(OC)c(C(C)(C)C)c2)C1c1cccc(OC(C)C)c1. The second kappa shape index (κ2) is 11.2. The third-order valence-electron chi connectivity index (χ3n) is 6.11. The molecule has 7 nitrogen and oxygen atoms in total. The Bertz CT molecular complexity index is 1140. The molecule has 194 valence electrons. The van der Waals surface area contributed by atoms with Gasteiger partial charge in [0, 0.05) is 31.4 Å². The minimum absolute atomic E-state index is 0.0385. The number of nitrogens with zero attached hydrogens (tertiary/aromatic N) is 1. The lowest BCUT2D eigenvalue weighted by Crippen LogP contribution is -2.31. The third kappa shape index (κ3) is 5.73. The van der Waals surface area contributed by atoms with Crippen LogP contribution in [0.15, 0.2) is 48.0 Å². The van der Waals surface area contributed by atoms with Crippen LogP contribution in [-0.4, -0.2) is 55.2 Å².